The zero-order chi connectivity index (χ0) is 25.5. The lowest BCUT2D eigenvalue weighted by atomic mass is 10.1. The Labute approximate surface area is 206 Å². The van der Waals surface area contributed by atoms with Crippen molar-refractivity contribution in [2.24, 2.45) is 0 Å². The molecule has 0 bridgehead atoms. The SMILES string of the molecule is COc1ncc(-c2nc(N3CCOCC3)nc3c(Cl)cc(F)cc23)cc1N(S(C)(=O)=O)S(C)(=O)=O. The number of hydrogen-bond acceptors (Lipinski definition) is 10. The second-order valence-electron chi connectivity index (χ2n) is 7.73. The van der Waals surface area contributed by atoms with Gasteiger partial charge in [-0.05, 0) is 18.2 Å². The van der Waals surface area contributed by atoms with Gasteiger partial charge in [-0.25, -0.2) is 36.2 Å². The van der Waals surface area contributed by atoms with Crippen molar-refractivity contribution in [1.29, 1.82) is 0 Å². The molecule has 1 aromatic carbocycles. The number of morpholine rings is 1. The van der Waals surface area contributed by atoms with Crippen LogP contribution < -0.4 is 13.3 Å². The fraction of sp³-hybridized carbons (Fsp3) is 0.350. The molecule has 0 atom stereocenters. The molecule has 4 rings (SSSR count). The molecule has 35 heavy (non-hydrogen) atoms. The molecule has 188 valence electrons. The lowest BCUT2D eigenvalue weighted by molar-refractivity contribution is 0.122. The maximum Gasteiger partial charge on any atom is 0.245 e. The highest BCUT2D eigenvalue weighted by Gasteiger charge is 2.32. The van der Waals surface area contributed by atoms with E-state index in [0.717, 1.165) is 18.6 Å². The third-order valence-electron chi connectivity index (χ3n) is 5.10. The van der Waals surface area contributed by atoms with Crippen LogP contribution in [-0.2, 0) is 24.8 Å². The maximum absolute atomic E-state index is 14.3. The number of hydrogen-bond donors (Lipinski definition) is 0. The first-order chi connectivity index (χ1) is 16.4. The van der Waals surface area contributed by atoms with Crippen LogP contribution in [0.1, 0.15) is 0 Å². The standard InChI is InChI=1S/C20H21ClFN5O6S2/c1-32-19-16(27(34(2,28)29)35(3,30)31)8-12(11-23-19)17-14-9-13(22)10-15(21)18(14)25-20(24-17)26-4-6-33-7-5-26/h8-11H,4-7H2,1-3H3. The summed E-state index contributed by atoms with van der Waals surface area (Å²) in [6.45, 7) is 1.93. The van der Waals surface area contributed by atoms with E-state index in [4.69, 9.17) is 21.1 Å². The minimum absolute atomic E-state index is 0.0498. The van der Waals surface area contributed by atoms with Gasteiger partial charge in [-0.15, -0.1) is 0 Å². The molecule has 11 nitrogen and oxygen atoms in total. The third kappa shape index (κ3) is 5.10. The van der Waals surface area contributed by atoms with Crippen molar-refractivity contribution in [1.82, 2.24) is 15.0 Å². The van der Waals surface area contributed by atoms with E-state index < -0.39 is 25.9 Å². The molecule has 2 aromatic heterocycles. The zero-order valence-electron chi connectivity index (χ0n) is 18.9. The molecule has 0 N–H and O–H groups in total. The maximum atomic E-state index is 14.3. The van der Waals surface area contributed by atoms with E-state index in [1.165, 1.54) is 25.4 Å². The van der Waals surface area contributed by atoms with E-state index >= 15 is 0 Å². The number of rotatable bonds is 6. The van der Waals surface area contributed by atoms with Gasteiger partial charge in [0.05, 0.1) is 49.1 Å². The molecular formula is C20H21ClFN5O6S2. The minimum atomic E-state index is -4.30. The third-order valence-corrected chi connectivity index (χ3v) is 8.61. The van der Waals surface area contributed by atoms with Crippen LogP contribution in [0, 0.1) is 5.82 Å². The molecule has 0 amide bonds. The Bertz CT molecular complexity index is 1480. The number of fused-ring (bicyclic) bond motifs is 1. The number of aromatic nitrogens is 3. The number of sulfonamides is 2. The Balaban J connectivity index is 2.02. The highest BCUT2D eigenvalue weighted by atomic mass is 35.5. The highest BCUT2D eigenvalue weighted by molar-refractivity contribution is 8.09. The summed E-state index contributed by atoms with van der Waals surface area (Å²) in [4.78, 5) is 15.1. The minimum Gasteiger partial charge on any atom is -0.479 e. The summed E-state index contributed by atoms with van der Waals surface area (Å²) in [5.74, 6) is -0.590. The topological polar surface area (TPSA) is 132 Å². The molecule has 3 aromatic rings. The molecule has 0 unspecified atom stereocenters. The molecule has 0 aliphatic carbocycles. The Morgan fingerprint density at radius 2 is 1.74 bits per heavy atom. The molecular weight excluding hydrogens is 525 g/mol. The van der Waals surface area contributed by atoms with Gasteiger partial charge in [0.15, 0.2) is 0 Å². The summed E-state index contributed by atoms with van der Waals surface area (Å²) < 4.78 is 74.7. The lowest BCUT2D eigenvalue weighted by Crippen LogP contribution is -2.37. The summed E-state index contributed by atoms with van der Waals surface area (Å²) in [5.41, 5.74) is 0.287. The van der Waals surface area contributed by atoms with Gasteiger partial charge in [-0.1, -0.05) is 11.6 Å². The monoisotopic (exact) mass is 545 g/mol. The van der Waals surface area contributed by atoms with Gasteiger partial charge in [0.1, 0.15) is 11.5 Å². The number of anilines is 2. The van der Waals surface area contributed by atoms with Crippen molar-refractivity contribution >= 4 is 54.2 Å². The van der Waals surface area contributed by atoms with E-state index in [1.54, 1.807) is 0 Å². The average molecular weight is 546 g/mol. The highest BCUT2D eigenvalue weighted by Crippen LogP contribution is 2.37. The molecule has 3 heterocycles. The van der Waals surface area contributed by atoms with Gasteiger partial charge in [0.2, 0.25) is 31.9 Å². The first-order valence-corrected chi connectivity index (χ1v) is 14.2. The van der Waals surface area contributed by atoms with E-state index in [1.807, 2.05) is 4.90 Å². The predicted octanol–water partition coefficient (Wildman–Crippen LogP) is 2.06. The fourth-order valence-electron chi connectivity index (χ4n) is 3.73. The summed E-state index contributed by atoms with van der Waals surface area (Å²) in [6.07, 6.45) is 2.80. The molecule has 0 saturated carbocycles. The van der Waals surface area contributed by atoms with Gasteiger partial charge in [-0.2, -0.15) is 3.71 Å². The van der Waals surface area contributed by atoms with Crippen molar-refractivity contribution in [3.63, 3.8) is 0 Å². The van der Waals surface area contributed by atoms with Crippen molar-refractivity contribution in [2.45, 2.75) is 0 Å². The molecule has 1 aliphatic heterocycles. The van der Waals surface area contributed by atoms with Gasteiger partial charge in [0, 0.05) is 30.2 Å². The number of ether oxygens (including phenoxy) is 2. The van der Waals surface area contributed by atoms with Gasteiger partial charge in [-0.3, -0.25) is 0 Å². The Hall–Kier alpha value is -2.81. The van der Waals surface area contributed by atoms with Crippen LogP contribution in [0.4, 0.5) is 16.0 Å². The average Bonchev–Trinajstić information content (AvgIpc) is 2.77. The number of methoxy groups -OCH3 is 1. The number of halogens is 2. The van der Waals surface area contributed by atoms with Crippen LogP contribution in [0.25, 0.3) is 22.2 Å². The smallest absolute Gasteiger partial charge is 0.245 e. The molecule has 1 aliphatic rings. The van der Waals surface area contributed by atoms with Gasteiger partial charge in [0.25, 0.3) is 0 Å². The van der Waals surface area contributed by atoms with E-state index in [9.17, 15) is 21.2 Å². The normalized spacial score (nSPS) is 14.8. The zero-order valence-corrected chi connectivity index (χ0v) is 21.3. The molecule has 1 fully saturated rings. The summed E-state index contributed by atoms with van der Waals surface area (Å²) in [5, 5.41) is 0.281. The fourth-order valence-corrected chi connectivity index (χ4v) is 6.92. The Morgan fingerprint density at radius 1 is 1.09 bits per heavy atom. The second kappa shape index (κ2) is 9.33. The molecule has 0 radical (unpaired) electrons. The first kappa shape index (κ1) is 25.3. The van der Waals surface area contributed by atoms with Crippen molar-refractivity contribution < 1.29 is 30.7 Å². The van der Waals surface area contributed by atoms with Crippen LogP contribution >= 0.6 is 11.6 Å². The molecule has 0 spiro atoms. The van der Waals surface area contributed by atoms with Crippen LogP contribution in [0.3, 0.4) is 0 Å². The number of pyridine rings is 1. The number of nitrogens with zero attached hydrogens (tertiary/aromatic N) is 5. The molecule has 1 saturated heterocycles. The quantitative estimate of drug-likeness (QED) is 0.453. The summed E-state index contributed by atoms with van der Waals surface area (Å²) in [6, 6.07) is 3.56. The molecule has 15 heteroatoms. The largest absolute Gasteiger partial charge is 0.479 e. The summed E-state index contributed by atoms with van der Waals surface area (Å²) >= 11 is 6.31. The van der Waals surface area contributed by atoms with Crippen molar-refractivity contribution in [3.05, 3.63) is 35.2 Å². The van der Waals surface area contributed by atoms with Crippen LogP contribution in [0.2, 0.25) is 5.02 Å². The Kier molecular flexibility index (Phi) is 6.74. The van der Waals surface area contributed by atoms with Crippen molar-refractivity contribution in [3.8, 4) is 17.1 Å². The second-order valence-corrected chi connectivity index (χ2v) is 12.0. The van der Waals surface area contributed by atoms with Crippen LogP contribution in [0.5, 0.6) is 5.88 Å². The van der Waals surface area contributed by atoms with Crippen LogP contribution in [0.15, 0.2) is 24.4 Å². The van der Waals surface area contributed by atoms with E-state index in [-0.39, 0.29) is 42.5 Å². The van der Waals surface area contributed by atoms with Gasteiger partial charge >= 0.3 is 0 Å². The lowest BCUT2D eigenvalue weighted by Gasteiger charge is -2.27. The number of benzene rings is 1. The first-order valence-electron chi connectivity index (χ1n) is 10.1. The summed E-state index contributed by atoms with van der Waals surface area (Å²) in [7, 11) is -7.38. The van der Waals surface area contributed by atoms with Gasteiger partial charge < -0.3 is 14.4 Å². The predicted molar refractivity (Wildman–Crippen MR) is 129 cm³/mol. The van der Waals surface area contributed by atoms with Crippen LogP contribution in [-0.4, -0.2) is 77.7 Å². The van der Waals surface area contributed by atoms with Crippen molar-refractivity contribution in [2.75, 3.05) is 54.5 Å². The van der Waals surface area contributed by atoms with E-state index in [2.05, 4.69) is 15.0 Å². The van der Waals surface area contributed by atoms with E-state index in [0.29, 0.717) is 32.3 Å². The Morgan fingerprint density at radius 3 is 2.34 bits per heavy atom.